The predicted molar refractivity (Wildman–Crippen MR) is 57.2 cm³/mol. The minimum absolute atomic E-state index is 0.427. The number of esters is 1. The van der Waals surface area contributed by atoms with Crippen molar-refractivity contribution in [3.63, 3.8) is 0 Å². The van der Waals surface area contributed by atoms with Crippen molar-refractivity contribution in [3.05, 3.63) is 36.0 Å². The molecule has 1 atom stereocenters. The van der Waals surface area contributed by atoms with Crippen molar-refractivity contribution in [3.8, 4) is 0 Å². The first-order valence-corrected chi connectivity index (χ1v) is 4.63. The fraction of sp³-hybridized carbons (Fsp3) is 0.182. The number of aromatic amines is 1. The summed E-state index contributed by atoms with van der Waals surface area (Å²) in [6.07, 6.45) is 1.82. The second-order valence-electron chi connectivity index (χ2n) is 3.29. The summed E-state index contributed by atoms with van der Waals surface area (Å²) in [5.41, 5.74) is 7.53. The van der Waals surface area contributed by atoms with Crippen LogP contribution >= 0.6 is 0 Å². The Bertz CT molecular complexity index is 490. The van der Waals surface area contributed by atoms with E-state index in [9.17, 15) is 4.79 Å². The van der Waals surface area contributed by atoms with Crippen molar-refractivity contribution in [1.29, 1.82) is 0 Å². The lowest BCUT2D eigenvalue weighted by atomic mass is 10.0. The van der Waals surface area contributed by atoms with Crippen molar-refractivity contribution >= 4 is 16.9 Å². The van der Waals surface area contributed by atoms with E-state index in [0.717, 1.165) is 16.5 Å². The highest BCUT2D eigenvalue weighted by Crippen LogP contribution is 2.22. The summed E-state index contributed by atoms with van der Waals surface area (Å²) < 4.78 is 4.62. The fourth-order valence-corrected chi connectivity index (χ4v) is 1.63. The Kier molecular flexibility index (Phi) is 2.43. The van der Waals surface area contributed by atoms with Gasteiger partial charge in [-0.1, -0.05) is 12.1 Å². The third kappa shape index (κ3) is 1.59. The van der Waals surface area contributed by atoms with Gasteiger partial charge in [-0.05, 0) is 17.7 Å². The number of methoxy groups -OCH3 is 1. The molecule has 0 radical (unpaired) electrons. The number of hydrogen-bond acceptors (Lipinski definition) is 3. The number of carbonyl (C=O) groups is 1. The van der Waals surface area contributed by atoms with E-state index in [-0.39, 0.29) is 0 Å². The molecule has 4 heteroatoms. The van der Waals surface area contributed by atoms with Crippen molar-refractivity contribution in [2.45, 2.75) is 6.04 Å². The Labute approximate surface area is 87.0 Å². The van der Waals surface area contributed by atoms with Crippen LogP contribution in [0.25, 0.3) is 10.9 Å². The number of benzene rings is 1. The molecule has 15 heavy (non-hydrogen) atoms. The van der Waals surface area contributed by atoms with Gasteiger partial charge in [0.05, 0.1) is 7.11 Å². The van der Waals surface area contributed by atoms with Gasteiger partial charge in [0.15, 0.2) is 0 Å². The van der Waals surface area contributed by atoms with Crippen molar-refractivity contribution in [1.82, 2.24) is 4.98 Å². The third-order valence-corrected chi connectivity index (χ3v) is 2.42. The summed E-state index contributed by atoms with van der Waals surface area (Å²) in [5, 5.41) is 0.954. The summed E-state index contributed by atoms with van der Waals surface area (Å²) in [6, 6.07) is 6.79. The molecule has 2 rings (SSSR count). The molecule has 0 fully saturated rings. The molecule has 4 nitrogen and oxygen atoms in total. The molecule has 0 bridgehead atoms. The van der Waals surface area contributed by atoms with Crippen LogP contribution < -0.4 is 5.73 Å². The van der Waals surface area contributed by atoms with E-state index in [1.807, 2.05) is 30.5 Å². The zero-order chi connectivity index (χ0) is 10.8. The first-order chi connectivity index (χ1) is 7.24. The van der Waals surface area contributed by atoms with Crippen molar-refractivity contribution in [2.24, 2.45) is 5.73 Å². The van der Waals surface area contributed by atoms with E-state index >= 15 is 0 Å². The summed E-state index contributed by atoms with van der Waals surface area (Å²) >= 11 is 0. The standard InChI is InChI=1S/C11H12N2O2/c1-15-11(14)10(12)8-3-2-4-9-7(8)5-6-13-9/h2-6,10,13H,12H2,1H3. The Morgan fingerprint density at radius 3 is 3.00 bits per heavy atom. The Balaban J connectivity index is 2.51. The molecule has 0 aliphatic rings. The van der Waals surface area contributed by atoms with Crippen LogP contribution in [0.3, 0.4) is 0 Å². The average Bonchev–Trinajstić information content (AvgIpc) is 2.74. The van der Waals surface area contributed by atoms with E-state index < -0.39 is 12.0 Å². The summed E-state index contributed by atoms with van der Waals surface area (Å²) in [5.74, 6) is -0.427. The molecule has 1 heterocycles. The molecular formula is C11H12N2O2. The Morgan fingerprint density at radius 2 is 2.27 bits per heavy atom. The van der Waals surface area contributed by atoms with E-state index in [4.69, 9.17) is 5.73 Å². The molecule has 0 amide bonds. The average molecular weight is 204 g/mol. The topological polar surface area (TPSA) is 68.1 Å². The number of fused-ring (bicyclic) bond motifs is 1. The van der Waals surface area contributed by atoms with Crippen LogP contribution in [0.1, 0.15) is 11.6 Å². The molecule has 0 aliphatic heterocycles. The van der Waals surface area contributed by atoms with Gasteiger partial charge in [-0.3, -0.25) is 4.79 Å². The number of carbonyl (C=O) groups excluding carboxylic acids is 1. The number of H-pyrrole nitrogens is 1. The van der Waals surface area contributed by atoms with Gasteiger partial charge in [0.25, 0.3) is 0 Å². The normalized spacial score (nSPS) is 12.7. The third-order valence-electron chi connectivity index (χ3n) is 2.42. The van der Waals surface area contributed by atoms with Crippen molar-refractivity contribution in [2.75, 3.05) is 7.11 Å². The maximum Gasteiger partial charge on any atom is 0.327 e. The first kappa shape index (κ1) is 9.73. The highest BCUT2D eigenvalue weighted by atomic mass is 16.5. The lowest BCUT2D eigenvalue weighted by Crippen LogP contribution is -2.22. The number of ether oxygens (including phenoxy) is 1. The number of aromatic nitrogens is 1. The van der Waals surface area contributed by atoms with Gasteiger partial charge in [0.2, 0.25) is 0 Å². The maximum atomic E-state index is 11.3. The van der Waals surface area contributed by atoms with Crippen molar-refractivity contribution < 1.29 is 9.53 Å². The van der Waals surface area contributed by atoms with E-state index in [0.29, 0.717) is 0 Å². The molecule has 78 valence electrons. The number of nitrogens with one attached hydrogen (secondary N) is 1. The van der Waals surface area contributed by atoms with Crippen LogP contribution in [0.2, 0.25) is 0 Å². The van der Waals surface area contributed by atoms with Crippen LogP contribution in [0.5, 0.6) is 0 Å². The van der Waals surface area contributed by atoms with Gasteiger partial charge in [0.1, 0.15) is 6.04 Å². The quantitative estimate of drug-likeness (QED) is 0.725. The highest BCUT2D eigenvalue weighted by Gasteiger charge is 2.18. The molecule has 0 saturated heterocycles. The number of nitrogens with two attached hydrogens (primary N) is 1. The van der Waals surface area contributed by atoms with Gasteiger partial charge in [-0.2, -0.15) is 0 Å². The predicted octanol–water partition coefficient (Wildman–Crippen LogP) is 1.34. The van der Waals surface area contributed by atoms with Crippen LogP contribution in [0, 0.1) is 0 Å². The largest absolute Gasteiger partial charge is 0.468 e. The first-order valence-electron chi connectivity index (χ1n) is 4.63. The van der Waals surface area contributed by atoms with Gasteiger partial charge in [-0.15, -0.1) is 0 Å². The molecule has 0 saturated carbocycles. The van der Waals surface area contributed by atoms with Crippen LogP contribution in [-0.4, -0.2) is 18.1 Å². The summed E-state index contributed by atoms with van der Waals surface area (Å²) in [6.45, 7) is 0. The highest BCUT2D eigenvalue weighted by molar-refractivity contribution is 5.89. The van der Waals surface area contributed by atoms with Crippen LogP contribution in [0.4, 0.5) is 0 Å². The minimum atomic E-state index is -0.727. The summed E-state index contributed by atoms with van der Waals surface area (Å²) in [4.78, 5) is 14.4. The van der Waals surface area contributed by atoms with E-state index in [1.165, 1.54) is 7.11 Å². The maximum absolute atomic E-state index is 11.3. The molecule has 1 aromatic heterocycles. The molecular weight excluding hydrogens is 192 g/mol. The smallest absolute Gasteiger partial charge is 0.327 e. The second kappa shape index (κ2) is 3.74. The molecule has 0 spiro atoms. The fourth-order valence-electron chi connectivity index (χ4n) is 1.63. The van der Waals surface area contributed by atoms with Crippen LogP contribution in [0.15, 0.2) is 30.5 Å². The lowest BCUT2D eigenvalue weighted by Gasteiger charge is -2.10. The van der Waals surface area contributed by atoms with Gasteiger partial charge < -0.3 is 15.5 Å². The zero-order valence-corrected chi connectivity index (χ0v) is 8.36. The second-order valence-corrected chi connectivity index (χ2v) is 3.29. The number of hydrogen-bond donors (Lipinski definition) is 2. The molecule has 1 aromatic carbocycles. The van der Waals surface area contributed by atoms with Gasteiger partial charge in [-0.25, -0.2) is 0 Å². The lowest BCUT2D eigenvalue weighted by molar-refractivity contribution is -0.142. The monoisotopic (exact) mass is 204 g/mol. The molecule has 2 aromatic rings. The Morgan fingerprint density at radius 1 is 1.47 bits per heavy atom. The van der Waals surface area contributed by atoms with Gasteiger partial charge in [0, 0.05) is 17.1 Å². The molecule has 3 N–H and O–H groups in total. The van der Waals surface area contributed by atoms with Gasteiger partial charge >= 0.3 is 5.97 Å². The summed E-state index contributed by atoms with van der Waals surface area (Å²) in [7, 11) is 1.33. The molecule has 1 unspecified atom stereocenters. The minimum Gasteiger partial charge on any atom is -0.468 e. The van der Waals surface area contributed by atoms with E-state index in [2.05, 4.69) is 9.72 Å². The zero-order valence-electron chi connectivity index (χ0n) is 8.36. The SMILES string of the molecule is COC(=O)C(N)c1cccc2[nH]ccc12. The molecule has 0 aliphatic carbocycles. The number of rotatable bonds is 2. The van der Waals surface area contributed by atoms with E-state index in [1.54, 1.807) is 0 Å². The Hall–Kier alpha value is -1.81. The van der Waals surface area contributed by atoms with Crippen LogP contribution in [-0.2, 0) is 9.53 Å².